The molecule has 28 heavy (non-hydrogen) atoms. The highest BCUT2D eigenvalue weighted by atomic mass is 16.6. The van der Waals surface area contributed by atoms with E-state index in [0.717, 1.165) is 22.3 Å². The number of carboxylic acid groups (broad SMARTS) is 1. The third-order valence-corrected chi connectivity index (χ3v) is 6.64. The van der Waals surface area contributed by atoms with Crippen molar-refractivity contribution in [1.82, 2.24) is 4.90 Å². The molecule has 0 radical (unpaired) electrons. The van der Waals surface area contributed by atoms with E-state index in [1.807, 2.05) is 36.4 Å². The molecule has 0 aromatic heterocycles. The summed E-state index contributed by atoms with van der Waals surface area (Å²) >= 11 is 0. The first-order chi connectivity index (χ1) is 13.5. The molecule has 2 heterocycles. The van der Waals surface area contributed by atoms with Gasteiger partial charge >= 0.3 is 12.1 Å². The van der Waals surface area contributed by atoms with Gasteiger partial charge < -0.3 is 14.9 Å². The van der Waals surface area contributed by atoms with E-state index in [4.69, 9.17) is 4.74 Å². The summed E-state index contributed by atoms with van der Waals surface area (Å²) in [4.78, 5) is 25.9. The number of amides is 1. The van der Waals surface area contributed by atoms with Crippen molar-refractivity contribution in [3.8, 4) is 11.1 Å². The van der Waals surface area contributed by atoms with Gasteiger partial charge in [0.1, 0.15) is 12.1 Å². The molecule has 6 rings (SSSR count). The quantitative estimate of drug-likeness (QED) is 0.853. The second kappa shape index (κ2) is 5.82. The van der Waals surface area contributed by atoms with Crippen molar-refractivity contribution < 1.29 is 24.5 Å². The van der Waals surface area contributed by atoms with Crippen LogP contribution in [0.1, 0.15) is 29.9 Å². The first-order valence-corrected chi connectivity index (χ1v) is 9.47. The molecule has 6 nitrogen and oxygen atoms in total. The van der Waals surface area contributed by atoms with Crippen LogP contribution < -0.4 is 0 Å². The monoisotopic (exact) mass is 379 g/mol. The lowest BCUT2D eigenvalue weighted by molar-refractivity contribution is -0.154. The van der Waals surface area contributed by atoms with Gasteiger partial charge in [0.05, 0.1) is 6.61 Å². The van der Waals surface area contributed by atoms with Crippen LogP contribution in [0.4, 0.5) is 4.79 Å². The fraction of sp³-hybridized carbons (Fsp3) is 0.364. The van der Waals surface area contributed by atoms with Crippen molar-refractivity contribution in [2.45, 2.75) is 24.3 Å². The zero-order valence-electron chi connectivity index (χ0n) is 15.3. The van der Waals surface area contributed by atoms with E-state index in [-0.39, 0.29) is 38.5 Å². The van der Waals surface area contributed by atoms with Crippen LogP contribution in [-0.4, -0.2) is 52.5 Å². The van der Waals surface area contributed by atoms with Crippen molar-refractivity contribution in [2.75, 3.05) is 19.8 Å². The molecule has 1 saturated carbocycles. The number of aliphatic carboxylic acids is 1. The summed E-state index contributed by atoms with van der Waals surface area (Å²) in [6, 6.07) is 16.1. The Labute approximate surface area is 162 Å². The Hall–Kier alpha value is -2.86. The van der Waals surface area contributed by atoms with Gasteiger partial charge in [-0.25, -0.2) is 9.59 Å². The molecule has 2 saturated heterocycles. The normalized spacial score (nSPS) is 27.1. The molecule has 2 N–H and O–H groups in total. The molecule has 0 atom stereocenters. The van der Waals surface area contributed by atoms with Crippen molar-refractivity contribution in [1.29, 1.82) is 0 Å². The number of hydrogen-bond donors (Lipinski definition) is 2. The number of carboxylic acids is 1. The Kier molecular flexibility index (Phi) is 3.58. The third-order valence-electron chi connectivity index (χ3n) is 6.64. The second-order valence-electron chi connectivity index (χ2n) is 8.24. The Bertz CT molecular complexity index is 933. The Balaban J connectivity index is 1.37. The topological polar surface area (TPSA) is 87.1 Å². The number of fused-ring (bicyclic) bond motifs is 4. The number of carbonyl (C=O) groups is 2. The molecule has 1 amide bonds. The fourth-order valence-electron chi connectivity index (χ4n) is 5.32. The summed E-state index contributed by atoms with van der Waals surface area (Å²) in [5, 5.41) is 19.3. The maximum atomic E-state index is 12.8. The van der Waals surface area contributed by atoms with Gasteiger partial charge in [-0.3, -0.25) is 4.90 Å². The molecule has 3 fully saturated rings. The van der Waals surface area contributed by atoms with Gasteiger partial charge in [0.2, 0.25) is 0 Å². The zero-order valence-corrected chi connectivity index (χ0v) is 15.3. The summed E-state index contributed by atoms with van der Waals surface area (Å²) < 4.78 is 5.63. The number of rotatable bonds is 4. The van der Waals surface area contributed by atoms with Crippen LogP contribution in [0.2, 0.25) is 0 Å². The molecule has 2 bridgehead atoms. The molecule has 144 valence electrons. The van der Waals surface area contributed by atoms with Gasteiger partial charge in [0, 0.05) is 17.9 Å². The van der Waals surface area contributed by atoms with Crippen molar-refractivity contribution in [3.63, 3.8) is 0 Å². The molecule has 6 heteroatoms. The molecule has 2 aliphatic carbocycles. The van der Waals surface area contributed by atoms with Crippen LogP contribution in [0.5, 0.6) is 0 Å². The Morgan fingerprint density at radius 2 is 1.61 bits per heavy atom. The van der Waals surface area contributed by atoms with E-state index >= 15 is 0 Å². The predicted octanol–water partition coefficient (Wildman–Crippen LogP) is 2.85. The van der Waals surface area contributed by atoms with Gasteiger partial charge in [-0.1, -0.05) is 48.5 Å². The fourth-order valence-corrected chi connectivity index (χ4v) is 5.32. The van der Waals surface area contributed by atoms with Crippen molar-refractivity contribution in [2.24, 2.45) is 5.41 Å². The number of carbonyl (C=O) groups excluding carboxylic acids is 1. The summed E-state index contributed by atoms with van der Waals surface area (Å²) in [5.41, 5.74) is 2.78. The largest absolute Gasteiger partial charge is 0.479 e. The third kappa shape index (κ3) is 2.18. The summed E-state index contributed by atoms with van der Waals surface area (Å²) in [6.45, 7) is 0.271. The van der Waals surface area contributed by atoms with Crippen LogP contribution in [0.15, 0.2) is 48.5 Å². The highest BCUT2D eigenvalue weighted by Gasteiger charge is 2.71. The first-order valence-electron chi connectivity index (χ1n) is 9.47. The SMILES string of the molecule is O=C(OCC1c2ccccc2-c2ccccc21)N1CC2(CO)CC1(C(=O)O)C2. The number of nitrogens with zero attached hydrogens (tertiary/aromatic N) is 1. The van der Waals surface area contributed by atoms with E-state index in [1.54, 1.807) is 0 Å². The van der Waals surface area contributed by atoms with Crippen LogP contribution >= 0.6 is 0 Å². The Morgan fingerprint density at radius 1 is 1.04 bits per heavy atom. The van der Waals surface area contributed by atoms with Crippen LogP contribution in [0.3, 0.4) is 0 Å². The molecule has 4 aliphatic rings. The minimum Gasteiger partial charge on any atom is -0.479 e. The van der Waals surface area contributed by atoms with Crippen LogP contribution in [-0.2, 0) is 9.53 Å². The van der Waals surface area contributed by atoms with Gasteiger partial charge in [-0.15, -0.1) is 0 Å². The average Bonchev–Trinajstić information content (AvgIpc) is 3.31. The highest BCUT2D eigenvalue weighted by Crippen LogP contribution is 2.59. The lowest BCUT2D eigenvalue weighted by Gasteiger charge is -2.43. The number of benzene rings is 2. The van der Waals surface area contributed by atoms with E-state index in [2.05, 4.69) is 12.1 Å². The highest BCUT2D eigenvalue weighted by molar-refractivity contribution is 5.88. The molecule has 0 unspecified atom stereocenters. The number of aliphatic hydroxyl groups is 1. The van der Waals surface area contributed by atoms with Gasteiger partial charge in [-0.05, 0) is 35.1 Å². The second-order valence-corrected chi connectivity index (χ2v) is 8.24. The van der Waals surface area contributed by atoms with E-state index in [1.165, 1.54) is 4.90 Å². The van der Waals surface area contributed by atoms with E-state index < -0.39 is 23.0 Å². The summed E-state index contributed by atoms with van der Waals surface area (Å²) in [7, 11) is 0. The van der Waals surface area contributed by atoms with Crippen molar-refractivity contribution in [3.05, 3.63) is 59.7 Å². The molecule has 2 aliphatic heterocycles. The van der Waals surface area contributed by atoms with E-state index in [0.29, 0.717) is 0 Å². The molecule has 2 aromatic carbocycles. The average molecular weight is 379 g/mol. The van der Waals surface area contributed by atoms with E-state index in [9.17, 15) is 19.8 Å². The van der Waals surface area contributed by atoms with Gasteiger partial charge in [-0.2, -0.15) is 0 Å². The minimum atomic E-state index is -1.23. The summed E-state index contributed by atoms with van der Waals surface area (Å²) in [6.07, 6.45) is -0.0384. The first kappa shape index (κ1) is 17.3. The molecular weight excluding hydrogens is 358 g/mol. The molecule has 2 aromatic rings. The van der Waals surface area contributed by atoms with Gasteiger partial charge in [0.25, 0.3) is 0 Å². The number of ether oxygens (including phenoxy) is 1. The lowest BCUT2D eigenvalue weighted by atomic mass is 9.62. The van der Waals surface area contributed by atoms with Gasteiger partial charge in [0.15, 0.2) is 0 Å². The maximum absolute atomic E-state index is 12.8. The predicted molar refractivity (Wildman–Crippen MR) is 101 cm³/mol. The smallest absolute Gasteiger partial charge is 0.410 e. The standard InChI is InChI=1S/C22H21NO5/c24-13-21-10-22(11-21,19(25)26)23(12-21)20(27)28-9-18-16-7-3-1-5-14(16)15-6-2-4-8-17(15)18/h1-8,18,24H,9-13H2,(H,25,26). The van der Waals surface area contributed by atoms with Crippen molar-refractivity contribution >= 4 is 12.1 Å². The molecule has 0 spiro atoms. The number of hydrogen-bond acceptors (Lipinski definition) is 4. The van der Waals surface area contributed by atoms with Crippen LogP contribution in [0, 0.1) is 5.41 Å². The Morgan fingerprint density at radius 3 is 2.14 bits per heavy atom. The maximum Gasteiger partial charge on any atom is 0.410 e. The number of aliphatic hydroxyl groups excluding tert-OH is 1. The zero-order chi connectivity index (χ0) is 19.5. The van der Waals surface area contributed by atoms with Crippen LogP contribution in [0.25, 0.3) is 11.1 Å². The minimum absolute atomic E-state index is 0.0680. The summed E-state index contributed by atoms with van der Waals surface area (Å²) in [5.74, 6) is -1.09. The molecular formula is C22H21NO5. The lowest BCUT2D eigenvalue weighted by Crippen LogP contribution is -2.57.